The summed E-state index contributed by atoms with van der Waals surface area (Å²) in [5, 5.41) is 0. The SMILES string of the molecule is NCc1ccc(-c2nc3cc(F)ccc3o2)nc1. The molecule has 0 aliphatic rings. The van der Waals surface area contributed by atoms with E-state index < -0.39 is 0 Å². The Bertz CT molecular complexity index is 691. The van der Waals surface area contributed by atoms with Crippen molar-refractivity contribution in [3.05, 3.63) is 47.9 Å². The predicted molar refractivity (Wildman–Crippen MR) is 65.1 cm³/mol. The maximum absolute atomic E-state index is 13.0. The van der Waals surface area contributed by atoms with Gasteiger partial charge in [-0.15, -0.1) is 0 Å². The molecule has 0 amide bonds. The molecule has 2 N–H and O–H groups in total. The molecule has 3 rings (SSSR count). The molecule has 90 valence electrons. The average Bonchev–Trinajstić information content (AvgIpc) is 2.81. The summed E-state index contributed by atoms with van der Waals surface area (Å²) in [6.07, 6.45) is 1.67. The van der Waals surface area contributed by atoms with E-state index in [0.717, 1.165) is 5.56 Å². The molecule has 4 nitrogen and oxygen atoms in total. The van der Waals surface area contributed by atoms with Crippen molar-refractivity contribution in [1.29, 1.82) is 0 Å². The maximum atomic E-state index is 13.0. The van der Waals surface area contributed by atoms with E-state index in [-0.39, 0.29) is 5.82 Å². The molecular weight excluding hydrogens is 233 g/mol. The average molecular weight is 243 g/mol. The first-order chi connectivity index (χ1) is 8.76. The van der Waals surface area contributed by atoms with Gasteiger partial charge in [0.15, 0.2) is 5.58 Å². The van der Waals surface area contributed by atoms with E-state index in [1.54, 1.807) is 18.3 Å². The van der Waals surface area contributed by atoms with Crippen LogP contribution in [0.25, 0.3) is 22.7 Å². The highest BCUT2D eigenvalue weighted by Gasteiger charge is 2.09. The highest BCUT2D eigenvalue weighted by atomic mass is 19.1. The number of aromatic nitrogens is 2. The molecule has 0 bridgehead atoms. The lowest BCUT2D eigenvalue weighted by Gasteiger charge is -1.96. The molecule has 0 fully saturated rings. The molecule has 0 saturated carbocycles. The molecule has 5 heteroatoms. The fourth-order valence-electron chi connectivity index (χ4n) is 1.68. The number of pyridine rings is 1. The number of hydrogen-bond donors (Lipinski definition) is 1. The van der Waals surface area contributed by atoms with Gasteiger partial charge < -0.3 is 10.2 Å². The van der Waals surface area contributed by atoms with Crippen LogP contribution < -0.4 is 5.73 Å². The van der Waals surface area contributed by atoms with Gasteiger partial charge in [0.1, 0.15) is 17.0 Å². The Balaban J connectivity index is 2.07. The van der Waals surface area contributed by atoms with Gasteiger partial charge in [-0.3, -0.25) is 4.98 Å². The highest BCUT2D eigenvalue weighted by molar-refractivity contribution is 5.75. The molecule has 2 aromatic heterocycles. The molecule has 0 radical (unpaired) electrons. The smallest absolute Gasteiger partial charge is 0.246 e. The Morgan fingerprint density at radius 3 is 2.83 bits per heavy atom. The van der Waals surface area contributed by atoms with Crippen molar-refractivity contribution in [2.45, 2.75) is 6.54 Å². The van der Waals surface area contributed by atoms with Gasteiger partial charge in [-0.05, 0) is 23.8 Å². The Morgan fingerprint density at radius 1 is 1.22 bits per heavy atom. The topological polar surface area (TPSA) is 64.9 Å². The van der Waals surface area contributed by atoms with Gasteiger partial charge in [0.05, 0.1) is 0 Å². The molecule has 2 heterocycles. The van der Waals surface area contributed by atoms with Crippen LogP contribution in [0, 0.1) is 5.82 Å². The minimum atomic E-state index is -0.339. The second-order valence-electron chi connectivity index (χ2n) is 3.89. The zero-order valence-electron chi connectivity index (χ0n) is 9.43. The van der Waals surface area contributed by atoms with Crippen molar-refractivity contribution in [3.8, 4) is 11.6 Å². The number of hydrogen-bond acceptors (Lipinski definition) is 4. The third-order valence-electron chi connectivity index (χ3n) is 2.63. The van der Waals surface area contributed by atoms with Crippen LogP contribution >= 0.6 is 0 Å². The lowest BCUT2D eigenvalue weighted by atomic mass is 10.2. The third-order valence-corrected chi connectivity index (χ3v) is 2.63. The molecule has 0 aliphatic carbocycles. The summed E-state index contributed by atoms with van der Waals surface area (Å²) < 4.78 is 18.5. The van der Waals surface area contributed by atoms with Crippen molar-refractivity contribution in [2.24, 2.45) is 5.73 Å². The maximum Gasteiger partial charge on any atom is 0.246 e. The zero-order valence-corrected chi connectivity index (χ0v) is 9.43. The van der Waals surface area contributed by atoms with Crippen LogP contribution in [0.2, 0.25) is 0 Å². The van der Waals surface area contributed by atoms with E-state index in [1.807, 2.05) is 6.07 Å². The lowest BCUT2D eigenvalue weighted by Crippen LogP contribution is -1.96. The number of halogens is 1. The summed E-state index contributed by atoms with van der Waals surface area (Å²) in [5.74, 6) is 0.0351. The molecule has 0 aliphatic heterocycles. The summed E-state index contributed by atoms with van der Waals surface area (Å²) >= 11 is 0. The third kappa shape index (κ3) is 1.84. The van der Waals surface area contributed by atoms with Crippen LogP contribution in [0.4, 0.5) is 4.39 Å². The van der Waals surface area contributed by atoms with Gasteiger partial charge in [0.25, 0.3) is 0 Å². The van der Waals surface area contributed by atoms with Crippen LogP contribution in [0.5, 0.6) is 0 Å². The number of fused-ring (bicyclic) bond motifs is 1. The van der Waals surface area contributed by atoms with Gasteiger partial charge in [-0.1, -0.05) is 6.07 Å². The molecule has 3 aromatic rings. The van der Waals surface area contributed by atoms with E-state index in [9.17, 15) is 4.39 Å². The molecular formula is C13H10FN3O. The summed E-state index contributed by atoms with van der Waals surface area (Å²) in [4.78, 5) is 8.41. The monoisotopic (exact) mass is 243 g/mol. The van der Waals surface area contributed by atoms with Gasteiger partial charge in [-0.25, -0.2) is 9.37 Å². The fraction of sp³-hybridized carbons (Fsp3) is 0.0769. The van der Waals surface area contributed by atoms with Crippen molar-refractivity contribution < 1.29 is 8.81 Å². The zero-order chi connectivity index (χ0) is 12.5. The predicted octanol–water partition coefficient (Wildman–Crippen LogP) is 2.49. The summed E-state index contributed by atoms with van der Waals surface area (Å²) in [6.45, 7) is 0.437. The van der Waals surface area contributed by atoms with Gasteiger partial charge >= 0.3 is 0 Å². The van der Waals surface area contributed by atoms with Crippen molar-refractivity contribution in [3.63, 3.8) is 0 Å². The van der Waals surface area contributed by atoms with Crippen molar-refractivity contribution in [1.82, 2.24) is 9.97 Å². The van der Waals surface area contributed by atoms with Crippen LogP contribution in [-0.2, 0) is 6.54 Å². The summed E-state index contributed by atoms with van der Waals surface area (Å²) in [5.41, 5.74) is 8.05. The van der Waals surface area contributed by atoms with Crippen LogP contribution in [0.3, 0.4) is 0 Å². The van der Waals surface area contributed by atoms with E-state index in [1.165, 1.54) is 12.1 Å². The molecule has 0 unspecified atom stereocenters. The first-order valence-corrected chi connectivity index (χ1v) is 5.48. The van der Waals surface area contributed by atoms with Gasteiger partial charge in [0.2, 0.25) is 5.89 Å². The quantitative estimate of drug-likeness (QED) is 0.751. The molecule has 0 saturated heterocycles. The lowest BCUT2D eigenvalue weighted by molar-refractivity contribution is 0.611. The Hall–Kier alpha value is -2.27. The minimum absolute atomic E-state index is 0.339. The first-order valence-electron chi connectivity index (χ1n) is 5.48. The van der Waals surface area contributed by atoms with Crippen molar-refractivity contribution >= 4 is 11.1 Å². The molecule has 18 heavy (non-hydrogen) atoms. The van der Waals surface area contributed by atoms with Crippen molar-refractivity contribution in [2.75, 3.05) is 0 Å². The first kappa shape index (κ1) is 10.9. The number of oxazole rings is 1. The summed E-state index contributed by atoms with van der Waals surface area (Å²) in [7, 11) is 0. The van der Waals surface area contributed by atoms with E-state index in [4.69, 9.17) is 10.2 Å². The Morgan fingerprint density at radius 2 is 2.11 bits per heavy atom. The molecule has 0 atom stereocenters. The normalized spacial score (nSPS) is 11.0. The van der Waals surface area contributed by atoms with Crippen LogP contribution in [0.1, 0.15) is 5.56 Å². The van der Waals surface area contributed by atoms with Crippen LogP contribution in [0.15, 0.2) is 40.9 Å². The summed E-state index contributed by atoms with van der Waals surface area (Å²) in [6, 6.07) is 7.86. The highest BCUT2D eigenvalue weighted by Crippen LogP contribution is 2.23. The van der Waals surface area contributed by atoms with Crippen LogP contribution in [-0.4, -0.2) is 9.97 Å². The van der Waals surface area contributed by atoms with Gasteiger partial charge in [0, 0.05) is 18.8 Å². The van der Waals surface area contributed by atoms with E-state index in [0.29, 0.717) is 29.2 Å². The number of rotatable bonds is 2. The standard InChI is InChI=1S/C13H10FN3O/c14-9-2-4-12-11(5-9)17-13(18-12)10-3-1-8(6-15)7-16-10/h1-5,7H,6,15H2. The van der Waals surface area contributed by atoms with E-state index >= 15 is 0 Å². The number of nitrogens with zero attached hydrogens (tertiary/aromatic N) is 2. The second kappa shape index (κ2) is 4.19. The Labute approximate surface area is 102 Å². The van der Waals surface area contributed by atoms with Gasteiger partial charge in [-0.2, -0.15) is 0 Å². The number of benzene rings is 1. The Kier molecular flexibility index (Phi) is 2.53. The second-order valence-corrected chi connectivity index (χ2v) is 3.89. The minimum Gasteiger partial charge on any atom is -0.435 e. The number of nitrogens with two attached hydrogens (primary N) is 1. The largest absolute Gasteiger partial charge is 0.435 e. The fourth-order valence-corrected chi connectivity index (χ4v) is 1.68. The molecule has 0 spiro atoms. The molecule has 1 aromatic carbocycles. The van der Waals surface area contributed by atoms with E-state index in [2.05, 4.69) is 9.97 Å².